The van der Waals surface area contributed by atoms with Gasteiger partial charge in [0.2, 0.25) is 0 Å². The van der Waals surface area contributed by atoms with Gasteiger partial charge >= 0.3 is 0 Å². The number of benzene rings is 1. The summed E-state index contributed by atoms with van der Waals surface area (Å²) in [6.45, 7) is 2.91. The van der Waals surface area contributed by atoms with Gasteiger partial charge in [-0.15, -0.1) is 0 Å². The molecule has 0 saturated carbocycles. The second kappa shape index (κ2) is 4.18. The lowest BCUT2D eigenvalue weighted by Gasteiger charge is -2.13. The fourth-order valence-electron chi connectivity index (χ4n) is 2.27. The average Bonchev–Trinajstić information content (AvgIpc) is 2.68. The Bertz CT molecular complexity index is 488. The van der Waals surface area contributed by atoms with Crippen molar-refractivity contribution in [1.82, 2.24) is 5.32 Å². The van der Waals surface area contributed by atoms with Crippen molar-refractivity contribution in [3.63, 3.8) is 0 Å². The molecule has 0 bridgehead atoms. The van der Waals surface area contributed by atoms with Crippen LogP contribution in [0, 0.1) is 6.92 Å². The van der Waals surface area contributed by atoms with Gasteiger partial charge in [-0.25, -0.2) is 8.42 Å². The van der Waals surface area contributed by atoms with Crippen LogP contribution in [0.5, 0.6) is 0 Å². The van der Waals surface area contributed by atoms with Gasteiger partial charge in [0.1, 0.15) is 0 Å². The largest absolute Gasteiger partial charge is 0.310 e. The molecule has 1 fully saturated rings. The average molecular weight is 239 g/mol. The maximum Gasteiger partial charge on any atom is 0.175 e. The van der Waals surface area contributed by atoms with Crippen molar-refractivity contribution in [2.45, 2.75) is 30.7 Å². The topological polar surface area (TPSA) is 46.2 Å². The molecule has 4 heteroatoms. The van der Waals surface area contributed by atoms with Gasteiger partial charge in [-0.2, -0.15) is 0 Å². The Kier molecular flexibility index (Phi) is 3.04. The summed E-state index contributed by atoms with van der Waals surface area (Å²) in [4.78, 5) is 0.439. The summed E-state index contributed by atoms with van der Waals surface area (Å²) in [6, 6.07) is 6.03. The smallest absolute Gasteiger partial charge is 0.175 e. The van der Waals surface area contributed by atoms with Crippen molar-refractivity contribution >= 4 is 9.84 Å². The van der Waals surface area contributed by atoms with Gasteiger partial charge in [0.25, 0.3) is 0 Å². The van der Waals surface area contributed by atoms with E-state index in [1.54, 1.807) is 6.07 Å². The molecule has 1 heterocycles. The molecule has 1 saturated heterocycles. The molecular weight excluding hydrogens is 222 g/mol. The summed E-state index contributed by atoms with van der Waals surface area (Å²) < 4.78 is 22.9. The van der Waals surface area contributed by atoms with Gasteiger partial charge in [0, 0.05) is 12.3 Å². The molecule has 0 spiro atoms. The molecule has 0 amide bonds. The Balaban J connectivity index is 2.36. The van der Waals surface area contributed by atoms with Gasteiger partial charge in [0.05, 0.1) is 4.90 Å². The number of hydrogen-bond acceptors (Lipinski definition) is 3. The van der Waals surface area contributed by atoms with E-state index in [1.807, 2.05) is 19.1 Å². The number of nitrogens with one attached hydrogen (secondary N) is 1. The lowest BCUT2D eigenvalue weighted by Crippen LogP contribution is -2.13. The minimum absolute atomic E-state index is 0.396. The lowest BCUT2D eigenvalue weighted by atomic mass is 10.0. The van der Waals surface area contributed by atoms with Gasteiger partial charge in [-0.3, -0.25) is 0 Å². The van der Waals surface area contributed by atoms with Crippen LogP contribution >= 0.6 is 0 Å². The zero-order chi connectivity index (χ0) is 11.8. The predicted molar refractivity (Wildman–Crippen MR) is 64.3 cm³/mol. The van der Waals surface area contributed by atoms with E-state index >= 15 is 0 Å². The summed E-state index contributed by atoms with van der Waals surface area (Å²) in [5, 5.41) is 3.41. The molecule has 1 aromatic rings. The van der Waals surface area contributed by atoms with Gasteiger partial charge in [-0.05, 0) is 43.5 Å². The second-order valence-electron chi connectivity index (χ2n) is 4.45. The SMILES string of the molecule is Cc1cc(C2CCCN2)ccc1S(C)(=O)=O. The zero-order valence-electron chi connectivity index (χ0n) is 9.66. The monoisotopic (exact) mass is 239 g/mol. The first-order valence-electron chi connectivity index (χ1n) is 5.52. The van der Waals surface area contributed by atoms with E-state index in [4.69, 9.17) is 0 Å². The first-order chi connectivity index (χ1) is 7.48. The summed E-state index contributed by atoms with van der Waals surface area (Å²) >= 11 is 0. The summed E-state index contributed by atoms with van der Waals surface area (Å²) in [7, 11) is -3.09. The highest BCUT2D eigenvalue weighted by molar-refractivity contribution is 7.90. The molecule has 88 valence electrons. The Labute approximate surface area is 96.8 Å². The van der Waals surface area contributed by atoms with E-state index in [9.17, 15) is 8.42 Å². The Hall–Kier alpha value is -0.870. The highest BCUT2D eigenvalue weighted by Gasteiger charge is 2.18. The maximum absolute atomic E-state index is 11.5. The van der Waals surface area contributed by atoms with Crippen LogP contribution in [-0.4, -0.2) is 21.2 Å². The third kappa shape index (κ3) is 2.28. The van der Waals surface area contributed by atoms with Crippen LogP contribution < -0.4 is 5.32 Å². The molecule has 2 rings (SSSR count). The van der Waals surface area contributed by atoms with Crippen molar-refractivity contribution in [3.8, 4) is 0 Å². The van der Waals surface area contributed by atoms with E-state index in [-0.39, 0.29) is 0 Å². The molecule has 3 nitrogen and oxygen atoms in total. The minimum Gasteiger partial charge on any atom is -0.310 e. The van der Waals surface area contributed by atoms with Crippen molar-refractivity contribution in [1.29, 1.82) is 0 Å². The lowest BCUT2D eigenvalue weighted by molar-refractivity contribution is 0.600. The molecule has 1 N–H and O–H groups in total. The molecule has 1 aliphatic rings. The summed E-state index contributed by atoms with van der Waals surface area (Å²) in [5.41, 5.74) is 2.04. The number of rotatable bonds is 2. The molecule has 1 unspecified atom stereocenters. The van der Waals surface area contributed by atoms with Gasteiger partial charge in [0.15, 0.2) is 9.84 Å². The van der Waals surface area contributed by atoms with Crippen LogP contribution in [0.1, 0.15) is 30.0 Å². The Morgan fingerprint density at radius 3 is 2.62 bits per heavy atom. The maximum atomic E-state index is 11.5. The van der Waals surface area contributed by atoms with Crippen molar-refractivity contribution in [2.24, 2.45) is 0 Å². The molecular formula is C12H17NO2S. The summed E-state index contributed by atoms with van der Waals surface area (Å²) in [5.74, 6) is 0. The van der Waals surface area contributed by atoms with Gasteiger partial charge < -0.3 is 5.32 Å². The molecule has 1 aliphatic heterocycles. The van der Waals surface area contributed by atoms with Gasteiger partial charge in [-0.1, -0.05) is 12.1 Å². The third-order valence-corrected chi connectivity index (χ3v) is 4.32. The van der Waals surface area contributed by atoms with Crippen LogP contribution in [0.3, 0.4) is 0 Å². The van der Waals surface area contributed by atoms with E-state index < -0.39 is 9.84 Å². The first-order valence-corrected chi connectivity index (χ1v) is 7.41. The number of hydrogen-bond donors (Lipinski definition) is 1. The van der Waals surface area contributed by atoms with Crippen LogP contribution in [0.4, 0.5) is 0 Å². The number of sulfone groups is 1. The number of aryl methyl sites for hydroxylation is 1. The quantitative estimate of drug-likeness (QED) is 0.856. The molecule has 1 aromatic carbocycles. The Morgan fingerprint density at radius 2 is 2.12 bits per heavy atom. The van der Waals surface area contributed by atoms with Crippen molar-refractivity contribution in [3.05, 3.63) is 29.3 Å². The fraction of sp³-hybridized carbons (Fsp3) is 0.500. The molecule has 0 radical (unpaired) electrons. The normalized spacial score (nSPS) is 21.2. The highest BCUT2D eigenvalue weighted by atomic mass is 32.2. The fourth-order valence-corrected chi connectivity index (χ4v) is 3.23. The second-order valence-corrected chi connectivity index (χ2v) is 6.43. The van der Waals surface area contributed by atoms with Crippen LogP contribution in [0.2, 0.25) is 0 Å². The predicted octanol–water partition coefficient (Wildman–Crippen LogP) is 1.82. The highest BCUT2D eigenvalue weighted by Crippen LogP contribution is 2.26. The first kappa shape index (κ1) is 11.6. The zero-order valence-corrected chi connectivity index (χ0v) is 10.5. The van der Waals surface area contributed by atoms with E-state index in [0.717, 1.165) is 18.5 Å². The van der Waals surface area contributed by atoms with Crippen LogP contribution in [0.15, 0.2) is 23.1 Å². The van der Waals surface area contributed by atoms with Crippen molar-refractivity contribution in [2.75, 3.05) is 12.8 Å². The summed E-state index contributed by atoms with van der Waals surface area (Å²) in [6.07, 6.45) is 3.58. The molecule has 16 heavy (non-hydrogen) atoms. The Morgan fingerprint density at radius 1 is 1.38 bits per heavy atom. The standard InChI is InChI=1S/C12H17NO2S/c1-9-8-10(11-4-3-7-13-11)5-6-12(9)16(2,14)15/h5-6,8,11,13H,3-4,7H2,1-2H3. The minimum atomic E-state index is -3.09. The molecule has 1 atom stereocenters. The van der Waals surface area contributed by atoms with Crippen LogP contribution in [-0.2, 0) is 9.84 Å². The molecule has 0 aromatic heterocycles. The van der Waals surface area contributed by atoms with E-state index in [0.29, 0.717) is 10.9 Å². The molecule has 0 aliphatic carbocycles. The van der Waals surface area contributed by atoms with Crippen molar-refractivity contribution < 1.29 is 8.42 Å². The van der Waals surface area contributed by atoms with E-state index in [2.05, 4.69) is 5.32 Å². The third-order valence-electron chi connectivity index (χ3n) is 3.06. The van der Waals surface area contributed by atoms with E-state index in [1.165, 1.54) is 18.2 Å². The van der Waals surface area contributed by atoms with Crippen LogP contribution in [0.25, 0.3) is 0 Å².